The third kappa shape index (κ3) is 6.17. The number of benzene rings is 1. The number of piperidine rings is 1. The number of rotatable bonds is 8. The van der Waals surface area contributed by atoms with Gasteiger partial charge < -0.3 is 9.47 Å². The Hall–Kier alpha value is -2.13. The summed E-state index contributed by atoms with van der Waals surface area (Å²) in [6, 6.07) is 6.68. The minimum atomic E-state index is -3.42. The van der Waals surface area contributed by atoms with Crippen molar-refractivity contribution in [3.8, 4) is 11.5 Å². The molecule has 9 heteroatoms. The molecular weight excluding hydrogens is 338 g/mol. The van der Waals surface area contributed by atoms with Crippen molar-refractivity contribution < 1.29 is 31.7 Å². The van der Waals surface area contributed by atoms with Gasteiger partial charge in [0.2, 0.25) is 5.91 Å². The van der Waals surface area contributed by atoms with Gasteiger partial charge in [-0.3, -0.25) is 19.1 Å². The average molecular weight is 357 g/mol. The Kier molecular flexibility index (Phi) is 6.16. The van der Waals surface area contributed by atoms with Crippen LogP contribution in [0, 0.1) is 0 Å². The van der Waals surface area contributed by atoms with E-state index in [-0.39, 0.29) is 18.9 Å². The van der Waals surface area contributed by atoms with Gasteiger partial charge in [0.1, 0.15) is 11.5 Å². The highest BCUT2D eigenvalue weighted by Crippen LogP contribution is 2.20. The van der Waals surface area contributed by atoms with Crippen LogP contribution >= 0.6 is 0 Å². The first kappa shape index (κ1) is 18.2. The lowest BCUT2D eigenvalue weighted by atomic mass is 10.1. The van der Waals surface area contributed by atoms with Crippen molar-refractivity contribution in [1.29, 1.82) is 0 Å². The first-order chi connectivity index (χ1) is 11.3. The smallest absolute Gasteiger partial charge is 0.267 e. The maximum atomic E-state index is 11.6. The molecule has 24 heavy (non-hydrogen) atoms. The van der Waals surface area contributed by atoms with Crippen molar-refractivity contribution in [2.45, 2.75) is 25.4 Å². The monoisotopic (exact) mass is 357 g/mol. The van der Waals surface area contributed by atoms with E-state index in [1.165, 1.54) is 0 Å². The summed E-state index contributed by atoms with van der Waals surface area (Å²) in [5.41, 5.74) is 0. The Morgan fingerprint density at radius 3 is 2.42 bits per heavy atom. The molecule has 0 aliphatic carbocycles. The van der Waals surface area contributed by atoms with Crippen molar-refractivity contribution in [1.82, 2.24) is 5.32 Å². The molecule has 1 fully saturated rings. The molecule has 1 aromatic carbocycles. The minimum absolute atomic E-state index is 0.0650. The van der Waals surface area contributed by atoms with Crippen LogP contribution in [0.4, 0.5) is 0 Å². The Balaban J connectivity index is 1.74. The normalized spacial score (nSPS) is 18.1. The van der Waals surface area contributed by atoms with E-state index in [0.717, 1.165) is 6.26 Å². The maximum absolute atomic E-state index is 11.6. The van der Waals surface area contributed by atoms with Crippen LogP contribution in [0.5, 0.6) is 11.5 Å². The van der Waals surface area contributed by atoms with E-state index in [0.29, 0.717) is 30.9 Å². The van der Waals surface area contributed by atoms with E-state index in [1.54, 1.807) is 24.3 Å². The van der Waals surface area contributed by atoms with Gasteiger partial charge in [-0.1, -0.05) is 0 Å². The summed E-state index contributed by atoms with van der Waals surface area (Å²) in [6.45, 7) is 0.373. The van der Waals surface area contributed by atoms with Gasteiger partial charge in [0, 0.05) is 19.3 Å². The lowest BCUT2D eigenvalue weighted by Crippen LogP contribution is -2.46. The van der Waals surface area contributed by atoms with Crippen LogP contribution in [0.15, 0.2) is 24.3 Å². The summed E-state index contributed by atoms with van der Waals surface area (Å²) in [5, 5.41) is 2.23. The van der Waals surface area contributed by atoms with Gasteiger partial charge in [-0.15, -0.1) is 0 Å². The summed E-state index contributed by atoms with van der Waals surface area (Å²) in [7, 11) is -3.42. The molecule has 132 valence electrons. The molecule has 1 heterocycles. The zero-order valence-corrected chi connectivity index (χ0v) is 14.0. The topological polar surface area (TPSA) is 108 Å². The fraction of sp³-hybridized carbons (Fsp3) is 0.467. The van der Waals surface area contributed by atoms with Crippen molar-refractivity contribution in [3.63, 3.8) is 0 Å². The Morgan fingerprint density at radius 1 is 1.12 bits per heavy atom. The first-order valence-electron chi connectivity index (χ1n) is 7.41. The van der Waals surface area contributed by atoms with Crippen molar-refractivity contribution in [3.05, 3.63) is 24.3 Å². The fourth-order valence-corrected chi connectivity index (χ4v) is 2.44. The van der Waals surface area contributed by atoms with Crippen LogP contribution in [-0.2, 0) is 23.9 Å². The van der Waals surface area contributed by atoms with Gasteiger partial charge in [-0.05, 0) is 24.3 Å². The highest BCUT2D eigenvalue weighted by atomic mass is 32.2. The van der Waals surface area contributed by atoms with E-state index >= 15 is 0 Å². The Morgan fingerprint density at radius 2 is 1.79 bits per heavy atom. The summed E-state index contributed by atoms with van der Waals surface area (Å²) in [6.07, 6.45) is 1.36. The van der Waals surface area contributed by atoms with Crippen molar-refractivity contribution >= 4 is 21.9 Å². The van der Waals surface area contributed by atoms with Gasteiger partial charge >= 0.3 is 0 Å². The molecule has 0 saturated carbocycles. The van der Waals surface area contributed by atoms with Gasteiger partial charge in [0.25, 0.3) is 16.0 Å². The Labute approximate surface area is 140 Å². The highest BCUT2D eigenvalue weighted by Gasteiger charge is 2.28. The molecule has 1 aliphatic rings. The third-order valence-electron chi connectivity index (χ3n) is 3.15. The van der Waals surface area contributed by atoms with E-state index in [9.17, 15) is 18.0 Å². The largest absolute Gasteiger partial charge is 0.494 e. The summed E-state index contributed by atoms with van der Waals surface area (Å²) in [4.78, 5) is 22.7. The molecule has 1 atom stereocenters. The molecule has 1 aliphatic heterocycles. The molecule has 0 bridgehead atoms. The summed E-state index contributed by atoms with van der Waals surface area (Å²) >= 11 is 0. The van der Waals surface area contributed by atoms with Crippen molar-refractivity contribution in [2.24, 2.45) is 0 Å². The van der Waals surface area contributed by atoms with Gasteiger partial charge in [0.15, 0.2) is 6.10 Å². The molecule has 8 nitrogen and oxygen atoms in total. The number of carbonyl (C=O) groups excluding carboxylic acids is 2. The quantitative estimate of drug-likeness (QED) is 0.413. The predicted octanol–water partition coefficient (Wildman–Crippen LogP) is 0.616. The molecule has 1 aromatic rings. The van der Waals surface area contributed by atoms with Gasteiger partial charge in [-0.2, -0.15) is 8.42 Å². The van der Waals surface area contributed by atoms with Crippen LogP contribution in [0.3, 0.4) is 0 Å². The molecule has 1 N–H and O–H groups in total. The van der Waals surface area contributed by atoms with E-state index < -0.39 is 22.1 Å². The molecule has 0 spiro atoms. The van der Waals surface area contributed by atoms with E-state index in [1.807, 2.05) is 0 Å². The number of imide groups is 1. The molecular formula is C15H19NO7S. The van der Waals surface area contributed by atoms with Crippen LogP contribution in [0.25, 0.3) is 0 Å². The second-order valence-electron chi connectivity index (χ2n) is 5.26. The minimum Gasteiger partial charge on any atom is -0.494 e. The maximum Gasteiger partial charge on any atom is 0.267 e. The summed E-state index contributed by atoms with van der Waals surface area (Å²) < 4.78 is 37.2. The standard InChI is InChI=1S/C15H19NO7S/c1-24(19,20)22-10-2-9-21-11-3-5-12(6-4-11)23-13-7-8-14(17)16-15(13)18/h3-6,13H,2,7-10H2,1H3,(H,16,17,18). The molecule has 1 unspecified atom stereocenters. The van der Waals surface area contributed by atoms with E-state index in [4.69, 9.17) is 9.47 Å². The number of amides is 2. The fourth-order valence-electron chi connectivity index (χ4n) is 2.02. The van der Waals surface area contributed by atoms with Crippen LogP contribution < -0.4 is 14.8 Å². The van der Waals surface area contributed by atoms with Crippen LogP contribution in [0.1, 0.15) is 19.3 Å². The number of carbonyl (C=O) groups is 2. The number of hydrogen-bond donors (Lipinski definition) is 1. The second-order valence-corrected chi connectivity index (χ2v) is 6.90. The first-order valence-corrected chi connectivity index (χ1v) is 9.23. The number of ether oxygens (including phenoxy) is 2. The van der Waals surface area contributed by atoms with Crippen LogP contribution in [0.2, 0.25) is 0 Å². The second kappa shape index (κ2) is 8.11. The van der Waals surface area contributed by atoms with Crippen LogP contribution in [-0.4, -0.2) is 45.8 Å². The number of nitrogens with one attached hydrogen (secondary N) is 1. The van der Waals surface area contributed by atoms with Gasteiger partial charge in [-0.25, -0.2) is 0 Å². The molecule has 0 aromatic heterocycles. The molecule has 2 amide bonds. The highest BCUT2D eigenvalue weighted by molar-refractivity contribution is 7.85. The summed E-state index contributed by atoms with van der Waals surface area (Å²) in [5.74, 6) is 0.364. The third-order valence-corrected chi connectivity index (χ3v) is 3.74. The predicted molar refractivity (Wildman–Crippen MR) is 84.1 cm³/mol. The zero-order chi connectivity index (χ0) is 17.6. The van der Waals surface area contributed by atoms with Gasteiger partial charge in [0.05, 0.1) is 19.5 Å². The lowest BCUT2D eigenvalue weighted by Gasteiger charge is -2.22. The number of hydrogen-bond acceptors (Lipinski definition) is 7. The Bertz CT molecular complexity index is 684. The lowest BCUT2D eigenvalue weighted by molar-refractivity contribution is -0.138. The molecule has 2 rings (SSSR count). The molecule has 1 saturated heterocycles. The average Bonchev–Trinajstić information content (AvgIpc) is 2.50. The van der Waals surface area contributed by atoms with E-state index in [2.05, 4.69) is 9.50 Å². The SMILES string of the molecule is CS(=O)(=O)OCCCOc1ccc(OC2CCC(=O)NC2=O)cc1. The van der Waals surface area contributed by atoms with Crippen molar-refractivity contribution in [2.75, 3.05) is 19.5 Å². The molecule has 0 radical (unpaired) electrons. The zero-order valence-electron chi connectivity index (χ0n) is 13.2.